The van der Waals surface area contributed by atoms with Gasteiger partial charge in [-0.1, -0.05) is 33.2 Å². The van der Waals surface area contributed by atoms with Crippen molar-refractivity contribution in [2.75, 3.05) is 20.2 Å². The number of halogens is 1. The SMILES string of the molecule is COc1ccccc1-c1noc([C@H]2CCCN(S(=O)(=O)c3ccc(Br)cc3)C2)n1. The molecule has 3 aromatic rings. The van der Waals surface area contributed by atoms with Crippen LogP contribution in [0, 0.1) is 0 Å². The van der Waals surface area contributed by atoms with Crippen molar-refractivity contribution < 1.29 is 17.7 Å². The van der Waals surface area contributed by atoms with Gasteiger partial charge in [0.25, 0.3) is 0 Å². The maximum Gasteiger partial charge on any atom is 0.243 e. The lowest BCUT2D eigenvalue weighted by Gasteiger charge is -2.30. The fourth-order valence-electron chi connectivity index (χ4n) is 3.46. The minimum atomic E-state index is -3.57. The van der Waals surface area contributed by atoms with Crippen molar-refractivity contribution in [3.05, 3.63) is 58.9 Å². The lowest BCUT2D eigenvalue weighted by atomic mass is 10.00. The molecule has 0 unspecified atom stereocenters. The summed E-state index contributed by atoms with van der Waals surface area (Å²) < 4.78 is 39.2. The van der Waals surface area contributed by atoms with E-state index in [2.05, 4.69) is 26.1 Å². The second kappa shape index (κ2) is 8.25. The van der Waals surface area contributed by atoms with Crippen molar-refractivity contribution in [1.82, 2.24) is 14.4 Å². The second-order valence-corrected chi connectivity index (χ2v) is 9.67. The molecule has 9 heteroatoms. The van der Waals surface area contributed by atoms with E-state index >= 15 is 0 Å². The highest BCUT2D eigenvalue weighted by atomic mass is 79.9. The number of benzene rings is 2. The van der Waals surface area contributed by atoms with Crippen molar-refractivity contribution in [1.29, 1.82) is 0 Å². The number of piperidine rings is 1. The fourth-order valence-corrected chi connectivity index (χ4v) is 5.25. The third-order valence-corrected chi connectivity index (χ3v) is 7.38. The van der Waals surface area contributed by atoms with Crippen LogP contribution >= 0.6 is 15.9 Å². The van der Waals surface area contributed by atoms with E-state index in [1.165, 1.54) is 4.31 Å². The first kappa shape index (κ1) is 20.1. The minimum absolute atomic E-state index is 0.148. The molecule has 1 atom stereocenters. The van der Waals surface area contributed by atoms with Crippen LogP contribution in [0.15, 0.2) is 62.4 Å². The Bertz CT molecular complexity index is 1100. The van der Waals surface area contributed by atoms with Crippen LogP contribution < -0.4 is 4.74 Å². The second-order valence-electron chi connectivity index (χ2n) is 6.81. The first-order valence-electron chi connectivity index (χ1n) is 9.22. The molecule has 0 spiro atoms. The number of aromatic nitrogens is 2. The monoisotopic (exact) mass is 477 g/mol. The standard InChI is InChI=1S/C20H20BrN3O4S/c1-27-18-7-3-2-6-17(18)19-22-20(28-23-19)14-5-4-12-24(13-14)29(25,26)16-10-8-15(21)9-11-16/h2-3,6-11,14H,4-5,12-13H2,1H3/t14-/m0/s1. The molecule has 1 saturated heterocycles. The topological polar surface area (TPSA) is 85.5 Å². The quantitative estimate of drug-likeness (QED) is 0.550. The van der Waals surface area contributed by atoms with Gasteiger partial charge in [0.05, 0.1) is 23.5 Å². The molecule has 7 nitrogen and oxygen atoms in total. The molecular formula is C20H20BrN3O4S. The van der Waals surface area contributed by atoms with Crippen LogP contribution in [0.25, 0.3) is 11.4 Å². The molecule has 1 aromatic heterocycles. The summed E-state index contributed by atoms with van der Waals surface area (Å²) in [6.45, 7) is 0.786. The number of sulfonamides is 1. The van der Waals surface area contributed by atoms with E-state index in [0.717, 1.165) is 22.9 Å². The first-order valence-corrected chi connectivity index (χ1v) is 11.4. The maximum absolute atomic E-state index is 13.0. The van der Waals surface area contributed by atoms with Gasteiger partial charge in [0.2, 0.25) is 21.7 Å². The Morgan fingerprint density at radius 2 is 1.93 bits per heavy atom. The number of hydrogen-bond acceptors (Lipinski definition) is 6. The van der Waals surface area contributed by atoms with Crippen molar-refractivity contribution in [2.45, 2.75) is 23.7 Å². The maximum atomic E-state index is 13.0. The summed E-state index contributed by atoms with van der Waals surface area (Å²) >= 11 is 3.34. The van der Waals surface area contributed by atoms with E-state index in [1.807, 2.05) is 24.3 Å². The van der Waals surface area contributed by atoms with Gasteiger partial charge in [0.1, 0.15) is 5.75 Å². The number of nitrogens with zero attached hydrogens (tertiary/aromatic N) is 3. The van der Waals surface area contributed by atoms with E-state index < -0.39 is 10.0 Å². The Labute approximate surface area is 177 Å². The van der Waals surface area contributed by atoms with Crippen LogP contribution in [0.2, 0.25) is 0 Å². The van der Waals surface area contributed by atoms with Gasteiger partial charge < -0.3 is 9.26 Å². The molecule has 0 N–H and O–H groups in total. The molecule has 4 rings (SSSR count). The summed E-state index contributed by atoms with van der Waals surface area (Å²) in [7, 11) is -1.98. The lowest BCUT2D eigenvalue weighted by molar-refractivity contribution is 0.265. The van der Waals surface area contributed by atoms with Gasteiger partial charge in [-0.3, -0.25) is 0 Å². The van der Waals surface area contributed by atoms with E-state index in [1.54, 1.807) is 31.4 Å². The summed E-state index contributed by atoms with van der Waals surface area (Å²) in [6.07, 6.45) is 1.52. The van der Waals surface area contributed by atoms with Gasteiger partial charge in [-0.05, 0) is 49.2 Å². The molecule has 0 saturated carbocycles. The smallest absolute Gasteiger partial charge is 0.243 e. The van der Waals surface area contributed by atoms with Crippen LogP contribution in [0.3, 0.4) is 0 Å². The largest absolute Gasteiger partial charge is 0.496 e. The van der Waals surface area contributed by atoms with Crippen molar-refractivity contribution in [3.8, 4) is 17.1 Å². The average Bonchev–Trinajstić information content (AvgIpc) is 3.24. The average molecular weight is 478 g/mol. The summed E-state index contributed by atoms with van der Waals surface area (Å²) in [4.78, 5) is 4.81. The Kier molecular flexibility index (Phi) is 5.71. The van der Waals surface area contributed by atoms with Crippen LogP contribution in [0.5, 0.6) is 5.75 Å². The Morgan fingerprint density at radius 1 is 1.17 bits per heavy atom. The van der Waals surface area contributed by atoms with Gasteiger partial charge in [-0.15, -0.1) is 0 Å². The molecule has 29 heavy (non-hydrogen) atoms. The zero-order valence-corrected chi connectivity index (χ0v) is 18.2. The van der Waals surface area contributed by atoms with E-state index in [4.69, 9.17) is 9.26 Å². The van der Waals surface area contributed by atoms with Crippen molar-refractivity contribution in [3.63, 3.8) is 0 Å². The number of hydrogen-bond donors (Lipinski definition) is 0. The van der Waals surface area contributed by atoms with Gasteiger partial charge >= 0.3 is 0 Å². The van der Waals surface area contributed by atoms with Crippen molar-refractivity contribution >= 4 is 26.0 Å². The molecule has 0 bridgehead atoms. The van der Waals surface area contributed by atoms with E-state index in [-0.39, 0.29) is 10.8 Å². The first-order chi connectivity index (χ1) is 14.0. The fraction of sp³-hybridized carbons (Fsp3) is 0.300. The molecule has 152 valence electrons. The Morgan fingerprint density at radius 3 is 2.69 bits per heavy atom. The van der Waals surface area contributed by atoms with E-state index in [0.29, 0.717) is 30.6 Å². The molecule has 0 aliphatic carbocycles. The molecule has 0 amide bonds. The van der Waals surface area contributed by atoms with Crippen LogP contribution in [0.1, 0.15) is 24.7 Å². The Hall–Kier alpha value is -2.23. The summed E-state index contributed by atoms with van der Waals surface area (Å²) in [5, 5.41) is 4.09. The molecular weight excluding hydrogens is 458 g/mol. The van der Waals surface area contributed by atoms with Gasteiger partial charge in [-0.25, -0.2) is 8.42 Å². The zero-order valence-electron chi connectivity index (χ0n) is 15.8. The lowest BCUT2D eigenvalue weighted by Crippen LogP contribution is -2.39. The van der Waals surface area contributed by atoms with Gasteiger partial charge in [-0.2, -0.15) is 9.29 Å². The molecule has 2 aromatic carbocycles. The highest BCUT2D eigenvalue weighted by molar-refractivity contribution is 9.10. The summed E-state index contributed by atoms with van der Waals surface area (Å²) in [6, 6.07) is 14.1. The van der Waals surface area contributed by atoms with Gasteiger partial charge in [0.15, 0.2) is 0 Å². The third-order valence-electron chi connectivity index (χ3n) is 4.97. The Balaban J connectivity index is 1.56. The van der Waals surface area contributed by atoms with Crippen LogP contribution in [-0.4, -0.2) is 43.1 Å². The van der Waals surface area contributed by atoms with Crippen LogP contribution in [-0.2, 0) is 10.0 Å². The van der Waals surface area contributed by atoms with Crippen LogP contribution in [0.4, 0.5) is 0 Å². The highest BCUT2D eigenvalue weighted by Crippen LogP contribution is 2.32. The number of ether oxygens (including phenoxy) is 1. The predicted octanol–water partition coefficient (Wildman–Crippen LogP) is 4.08. The minimum Gasteiger partial charge on any atom is -0.496 e. The van der Waals surface area contributed by atoms with E-state index in [9.17, 15) is 8.42 Å². The number of para-hydroxylation sites is 1. The summed E-state index contributed by atoms with van der Waals surface area (Å²) in [5.41, 5.74) is 0.736. The molecule has 1 aliphatic heterocycles. The third kappa shape index (κ3) is 4.08. The van der Waals surface area contributed by atoms with Crippen molar-refractivity contribution in [2.24, 2.45) is 0 Å². The molecule has 1 aliphatic rings. The summed E-state index contributed by atoms with van der Waals surface area (Å²) in [5.74, 6) is 1.39. The molecule has 2 heterocycles. The number of rotatable bonds is 5. The molecule has 0 radical (unpaired) electrons. The number of methoxy groups -OCH3 is 1. The predicted molar refractivity (Wildman–Crippen MR) is 111 cm³/mol. The molecule has 1 fully saturated rings. The normalized spacial score (nSPS) is 17.9. The van der Waals surface area contributed by atoms with Gasteiger partial charge in [0, 0.05) is 17.6 Å². The zero-order chi connectivity index (χ0) is 20.4. The highest BCUT2D eigenvalue weighted by Gasteiger charge is 2.33.